The summed E-state index contributed by atoms with van der Waals surface area (Å²) >= 11 is 0. The van der Waals surface area contributed by atoms with Crippen molar-refractivity contribution < 1.29 is 23.1 Å². The smallest absolute Gasteiger partial charge is 0.237 e. The number of hydrogen-bond donors (Lipinski definition) is 3. The summed E-state index contributed by atoms with van der Waals surface area (Å²) in [4.78, 5) is 12.8. The van der Waals surface area contributed by atoms with E-state index in [0.717, 1.165) is 30.8 Å². The monoisotopic (exact) mass is 435 g/mol. The van der Waals surface area contributed by atoms with Gasteiger partial charge in [0.15, 0.2) is 6.35 Å². The van der Waals surface area contributed by atoms with E-state index in [0.29, 0.717) is 18.9 Å². The molecular weight excluding hydrogens is 406 g/mol. The van der Waals surface area contributed by atoms with Crippen molar-refractivity contribution in [2.24, 2.45) is 5.92 Å². The van der Waals surface area contributed by atoms with Crippen molar-refractivity contribution in [1.29, 1.82) is 0 Å². The fraction of sp³-hybridized carbons (Fsp3) is 0.571. The summed E-state index contributed by atoms with van der Waals surface area (Å²) in [6, 6.07) is 7.74. The predicted molar refractivity (Wildman–Crippen MR) is 112 cm³/mol. The maximum atomic E-state index is 12.6. The second-order valence-electron chi connectivity index (χ2n) is 8.42. The third-order valence-electron chi connectivity index (χ3n) is 5.71. The van der Waals surface area contributed by atoms with E-state index in [1.165, 1.54) is 12.8 Å². The summed E-state index contributed by atoms with van der Waals surface area (Å²) in [6.07, 6.45) is 6.93. The largest absolute Gasteiger partial charge is 0.493 e. The molecular formula is C21H29N3O5S. The molecule has 8 nitrogen and oxygen atoms in total. The van der Waals surface area contributed by atoms with Gasteiger partial charge in [0.2, 0.25) is 15.9 Å². The summed E-state index contributed by atoms with van der Waals surface area (Å²) in [5, 5.41) is 12.0. The first-order valence-corrected chi connectivity index (χ1v) is 12.1. The lowest BCUT2D eigenvalue weighted by atomic mass is 10.1. The van der Waals surface area contributed by atoms with Crippen molar-refractivity contribution in [3.8, 4) is 5.75 Å². The van der Waals surface area contributed by atoms with Crippen LogP contribution in [0.5, 0.6) is 5.75 Å². The number of ether oxygens (including phenoxy) is 1. The van der Waals surface area contributed by atoms with Crippen LogP contribution in [0, 0.1) is 5.92 Å². The van der Waals surface area contributed by atoms with Crippen molar-refractivity contribution in [3.63, 3.8) is 0 Å². The van der Waals surface area contributed by atoms with E-state index >= 15 is 0 Å². The van der Waals surface area contributed by atoms with Crippen LogP contribution in [0.15, 0.2) is 36.4 Å². The molecule has 0 radical (unpaired) electrons. The van der Waals surface area contributed by atoms with Crippen molar-refractivity contribution in [3.05, 3.63) is 42.0 Å². The molecule has 1 aromatic rings. The molecule has 164 valence electrons. The Morgan fingerprint density at radius 3 is 2.77 bits per heavy atom. The number of nitrogens with zero attached hydrogens (tertiary/aromatic N) is 1. The van der Waals surface area contributed by atoms with Crippen LogP contribution in [0.2, 0.25) is 0 Å². The Morgan fingerprint density at radius 1 is 1.30 bits per heavy atom. The van der Waals surface area contributed by atoms with E-state index < -0.39 is 21.9 Å². The average molecular weight is 436 g/mol. The van der Waals surface area contributed by atoms with Crippen LogP contribution in [0.25, 0.3) is 0 Å². The highest BCUT2D eigenvalue weighted by Crippen LogP contribution is 2.47. The molecule has 0 bridgehead atoms. The number of carbonyl (C=O) groups is 1. The lowest BCUT2D eigenvalue weighted by molar-refractivity contribution is -0.119. The number of aliphatic hydroxyl groups is 1. The Hall–Kier alpha value is -1.94. The minimum Gasteiger partial charge on any atom is -0.493 e. The fourth-order valence-electron chi connectivity index (χ4n) is 3.57. The summed E-state index contributed by atoms with van der Waals surface area (Å²) in [7, 11) is -3.44. The molecule has 1 saturated heterocycles. The van der Waals surface area contributed by atoms with E-state index in [1.807, 2.05) is 24.3 Å². The molecule has 1 aromatic carbocycles. The number of sulfonamides is 1. The first-order chi connectivity index (χ1) is 14.4. The second kappa shape index (κ2) is 8.66. The molecule has 0 aromatic heterocycles. The SMILES string of the molecule is O=C1CN(C/C=C/CCS(=O)(=O)NC2(c3cccc(OCC4CC4)c3)CC2)C(O)N1. The molecule has 2 aliphatic carbocycles. The molecule has 30 heavy (non-hydrogen) atoms. The van der Waals surface area contributed by atoms with Crippen LogP contribution >= 0.6 is 0 Å². The number of carbonyl (C=O) groups excluding carboxylic acids is 1. The molecule has 9 heteroatoms. The van der Waals surface area contributed by atoms with Gasteiger partial charge in [0.05, 0.1) is 24.4 Å². The fourth-order valence-corrected chi connectivity index (χ4v) is 5.04. The standard InChI is InChI=1S/C21H29N3O5S/c25-19-14-24(20(26)22-19)11-2-1-3-12-30(27,28)23-21(9-10-21)17-5-4-6-18(13-17)29-15-16-7-8-16/h1-2,4-6,13,16,20,23,26H,3,7-12,14-15H2,(H,22,25)/b2-1+. The number of benzene rings is 1. The van der Waals surface area contributed by atoms with Gasteiger partial charge in [-0.15, -0.1) is 0 Å². The minimum atomic E-state index is -3.44. The van der Waals surface area contributed by atoms with Gasteiger partial charge < -0.3 is 15.2 Å². The van der Waals surface area contributed by atoms with Crippen LogP contribution in [0.3, 0.4) is 0 Å². The normalized spacial score (nSPS) is 23.6. The molecule has 1 aliphatic heterocycles. The lowest BCUT2D eigenvalue weighted by Crippen LogP contribution is -2.36. The highest BCUT2D eigenvalue weighted by molar-refractivity contribution is 7.89. The molecule has 1 amide bonds. The van der Waals surface area contributed by atoms with Gasteiger partial charge in [0.25, 0.3) is 0 Å². The third kappa shape index (κ3) is 5.60. The van der Waals surface area contributed by atoms with Crippen LogP contribution in [-0.2, 0) is 20.4 Å². The summed E-state index contributed by atoms with van der Waals surface area (Å²) in [5.74, 6) is 1.23. The number of hydrogen-bond acceptors (Lipinski definition) is 6. The number of allylic oxidation sites excluding steroid dienone is 1. The molecule has 1 heterocycles. The zero-order valence-corrected chi connectivity index (χ0v) is 17.7. The Labute approximate surface area is 177 Å². The van der Waals surface area contributed by atoms with Gasteiger partial charge in [-0.3, -0.25) is 4.79 Å². The molecule has 1 unspecified atom stereocenters. The first kappa shape index (κ1) is 21.3. The second-order valence-corrected chi connectivity index (χ2v) is 10.3. The van der Waals surface area contributed by atoms with E-state index in [4.69, 9.17) is 4.74 Å². The van der Waals surface area contributed by atoms with Gasteiger partial charge in [0, 0.05) is 6.54 Å². The maximum absolute atomic E-state index is 12.6. The third-order valence-corrected chi connectivity index (χ3v) is 7.19. The minimum absolute atomic E-state index is 0.0111. The van der Waals surface area contributed by atoms with E-state index in [1.54, 1.807) is 17.1 Å². The van der Waals surface area contributed by atoms with Gasteiger partial charge in [0.1, 0.15) is 5.75 Å². The Kier molecular flexibility index (Phi) is 6.15. The number of rotatable bonds is 11. The Balaban J connectivity index is 1.27. The molecule has 2 saturated carbocycles. The molecule has 3 fully saturated rings. The van der Waals surface area contributed by atoms with Gasteiger partial charge in [-0.1, -0.05) is 24.3 Å². The van der Waals surface area contributed by atoms with Gasteiger partial charge in [-0.05, 0) is 55.7 Å². The predicted octanol–water partition coefficient (Wildman–Crippen LogP) is 1.04. The summed E-state index contributed by atoms with van der Waals surface area (Å²) in [5.41, 5.74) is 0.433. The topological polar surface area (TPSA) is 108 Å². The molecule has 3 N–H and O–H groups in total. The van der Waals surface area contributed by atoms with Crippen molar-refractivity contribution in [1.82, 2.24) is 14.9 Å². The Bertz CT molecular complexity index is 909. The number of aliphatic hydroxyl groups excluding tert-OH is 1. The van der Waals surface area contributed by atoms with Crippen LogP contribution < -0.4 is 14.8 Å². The van der Waals surface area contributed by atoms with Crippen molar-refractivity contribution in [2.45, 2.75) is 44.0 Å². The van der Waals surface area contributed by atoms with Crippen LogP contribution in [0.1, 0.15) is 37.7 Å². The van der Waals surface area contributed by atoms with Crippen LogP contribution in [0.4, 0.5) is 0 Å². The van der Waals surface area contributed by atoms with Crippen molar-refractivity contribution >= 4 is 15.9 Å². The maximum Gasteiger partial charge on any atom is 0.237 e. The molecule has 1 atom stereocenters. The molecule has 0 spiro atoms. The van der Waals surface area contributed by atoms with Gasteiger partial charge in [-0.25, -0.2) is 18.0 Å². The van der Waals surface area contributed by atoms with Crippen molar-refractivity contribution in [2.75, 3.05) is 25.4 Å². The molecule has 3 aliphatic rings. The lowest BCUT2D eigenvalue weighted by Gasteiger charge is -2.19. The zero-order chi connectivity index (χ0) is 21.2. The summed E-state index contributed by atoms with van der Waals surface area (Å²) in [6.45, 7) is 1.25. The quantitative estimate of drug-likeness (QED) is 0.448. The highest BCUT2D eigenvalue weighted by atomic mass is 32.2. The summed E-state index contributed by atoms with van der Waals surface area (Å²) < 4.78 is 33.9. The van der Waals surface area contributed by atoms with Crippen LogP contribution in [-0.4, -0.2) is 56.1 Å². The number of amides is 1. The van der Waals surface area contributed by atoms with E-state index in [9.17, 15) is 18.3 Å². The zero-order valence-electron chi connectivity index (χ0n) is 16.9. The van der Waals surface area contributed by atoms with Gasteiger partial charge in [-0.2, -0.15) is 0 Å². The van der Waals surface area contributed by atoms with E-state index in [2.05, 4.69) is 10.0 Å². The van der Waals surface area contributed by atoms with Gasteiger partial charge >= 0.3 is 0 Å². The highest BCUT2D eigenvalue weighted by Gasteiger charge is 2.47. The first-order valence-electron chi connectivity index (χ1n) is 10.5. The number of nitrogens with one attached hydrogen (secondary N) is 2. The average Bonchev–Trinajstić information content (AvgIpc) is 3.61. The molecule has 4 rings (SSSR count). The van der Waals surface area contributed by atoms with E-state index in [-0.39, 0.29) is 18.2 Å². The Morgan fingerprint density at radius 2 is 2.10 bits per heavy atom.